The van der Waals surface area contributed by atoms with Gasteiger partial charge in [0.25, 0.3) is 0 Å². The van der Waals surface area contributed by atoms with Gasteiger partial charge in [0, 0.05) is 32.7 Å². The molecule has 2 aromatic carbocycles. The summed E-state index contributed by atoms with van der Waals surface area (Å²) in [5.41, 5.74) is 1.15. The maximum atomic E-state index is 13.1. The van der Waals surface area contributed by atoms with E-state index in [2.05, 4.69) is 20.5 Å². The van der Waals surface area contributed by atoms with E-state index in [4.69, 9.17) is 9.47 Å². The Morgan fingerprint density at radius 1 is 1.09 bits per heavy atom. The molecule has 0 amide bonds. The first-order chi connectivity index (χ1) is 15.1. The second-order valence-electron chi connectivity index (χ2n) is 7.88. The van der Waals surface area contributed by atoms with Crippen LogP contribution in [0.4, 0.5) is 4.39 Å². The molecule has 1 atom stereocenters. The number of benzene rings is 2. The lowest BCUT2D eigenvalue weighted by Crippen LogP contribution is -2.49. The highest BCUT2D eigenvalue weighted by molar-refractivity contribution is 14.0. The van der Waals surface area contributed by atoms with Crippen LogP contribution in [0.5, 0.6) is 11.5 Å². The number of aliphatic imine (C=N–C) groups is 1. The first kappa shape index (κ1) is 26.2. The molecule has 1 aliphatic heterocycles. The van der Waals surface area contributed by atoms with Crippen LogP contribution in [0.1, 0.15) is 25.3 Å². The average molecular weight is 556 g/mol. The quantitative estimate of drug-likeness (QED) is 0.292. The minimum atomic E-state index is -0.186. The van der Waals surface area contributed by atoms with E-state index < -0.39 is 0 Å². The van der Waals surface area contributed by atoms with Crippen LogP contribution in [0.3, 0.4) is 0 Å². The summed E-state index contributed by atoms with van der Waals surface area (Å²) in [6.45, 7) is 5.54. The third-order valence-corrected chi connectivity index (χ3v) is 5.43. The van der Waals surface area contributed by atoms with Gasteiger partial charge in [-0.05, 0) is 61.7 Å². The largest absolute Gasteiger partial charge is 0.497 e. The topological polar surface area (TPSA) is 58.1 Å². The van der Waals surface area contributed by atoms with Gasteiger partial charge in [0.15, 0.2) is 5.96 Å². The maximum absolute atomic E-state index is 13.1. The van der Waals surface area contributed by atoms with E-state index in [9.17, 15) is 4.39 Å². The molecule has 1 saturated heterocycles. The van der Waals surface area contributed by atoms with E-state index in [-0.39, 0.29) is 35.9 Å². The van der Waals surface area contributed by atoms with Crippen molar-refractivity contribution in [3.63, 3.8) is 0 Å². The normalized spacial score (nSPS) is 16.1. The van der Waals surface area contributed by atoms with Crippen molar-refractivity contribution in [1.82, 2.24) is 15.5 Å². The zero-order chi connectivity index (χ0) is 22.1. The van der Waals surface area contributed by atoms with E-state index in [1.807, 2.05) is 43.3 Å². The first-order valence-corrected chi connectivity index (χ1v) is 10.8. The van der Waals surface area contributed by atoms with Crippen LogP contribution in [0.15, 0.2) is 53.5 Å². The molecule has 3 rings (SSSR count). The van der Waals surface area contributed by atoms with Crippen molar-refractivity contribution in [3.05, 3.63) is 59.9 Å². The molecule has 0 radical (unpaired) electrons. The summed E-state index contributed by atoms with van der Waals surface area (Å²) in [4.78, 5) is 6.76. The van der Waals surface area contributed by atoms with E-state index in [0.29, 0.717) is 12.6 Å². The van der Waals surface area contributed by atoms with Gasteiger partial charge < -0.3 is 20.1 Å². The van der Waals surface area contributed by atoms with Crippen LogP contribution >= 0.6 is 24.0 Å². The number of nitrogens with zero attached hydrogens (tertiary/aromatic N) is 2. The molecule has 2 aromatic rings. The van der Waals surface area contributed by atoms with Crippen molar-refractivity contribution in [3.8, 4) is 11.5 Å². The lowest BCUT2D eigenvalue weighted by Gasteiger charge is -2.33. The molecule has 0 aromatic heterocycles. The Morgan fingerprint density at radius 3 is 2.31 bits per heavy atom. The number of rotatable bonds is 8. The third kappa shape index (κ3) is 8.46. The molecule has 8 heteroatoms. The molecule has 176 valence electrons. The standard InChI is InChI=1S/C24H33FN4O2.HI/c1-18(31-23-10-8-22(30-3)9-11-23)16-27-24(26-2)28-21-12-14-29(15-13-21)17-19-4-6-20(25)7-5-19;/h4-11,18,21H,12-17H2,1-3H3,(H2,26,27,28);1H. The number of hydrogen-bond donors (Lipinski definition) is 2. The smallest absolute Gasteiger partial charge is 0.191 e. The predicted molar refractivity (Wildman–Crippen MR) is 138 cm³/mol. The fourth-order valence-corrected chi connectivity index (χ4v) is 3.64. The summed E-state index contributed by atoms with van der Waals surface area (Å²) in [5.74, 6) is 2.23. The van der Waals surface area contributed by atoms with Gasteiger partial charge in [-0.3, -0.25) is 9.89 Å². The highest BCUT2D eigenvalue weighted by atomic mass is 127. The van der Waals surface area contributed by atoms with Crippen LogP contribution in [-0.4, -0.2) is 56.8 Å². The summed E-state index contributed by atoms with van der Waals surface area (Å²) in [5, 5.41) is 6.88. The average Bonchev–Trinajstić information content (AvgIpc) is 2.80. The van der Waals surface area contributed by atoms with E-state index in [1.54, 1.807) is 14.2 Å². The summed E-state index contributed by atoms with van der Waals surface area (Å²) in [7, 11) is 3.43. The van der Waals surface area contributed by atoms with Gasteiger partial charge in [0.1, 0.15) is 23.4 Å². The van der Waals surface area contributed by atoms with Gasteiger partial charge in [-0.25, -0.2) is 4.39 Å². The van der Waals surface area contributed by atoms with Crippen LogP contribution in [-0.2, 0) is 6.54 Å². The monoisotopic (exact) mass is 556 g/mol. The molecular formula is C24H34FIN4O2. The molecular weight excluding hydrogens is 522 g/mol. The number of piperidine rings is 1. The van der Waals surface area contributed by atoms with Gasteiger partial charge >= 0.3 is 0 Å². The number of nitrogens with one attached hydrogen (secondary N) is 2. The molecule has 0 saturated carbocycles. The minimum Gasteiger partial charge on any atom is -0.497 e. The summed E-state index contributed by atoms with van der Waals surface area (Å²) in [6, 6.07) is 14.7. The summed E-state index contributed by atoms with van der Waals surface area (Å²) in [6.07, 6.45) is 2.07. The lowest BCUT2D eigenvalue weighted by atomic mass is 10.0. The zero-order valence-electron chi connectivity index (χ0n) is 19.0. The Balaban J connectivity index is 0.00000363. The van der Waals surface area contributed by atoms with E-state index >= 15 is 0 Å². The van der Waals surface area contributed by atoms with Crippen LogP contribution < -0.4 is 20.1 Å². The predicted octanol–water partition coefficient (Wildman–Crippen LogP) is 4.05. The van der Waals surface area contributed by atoms with Crippen LogP contribution in [0.2, 0.25) is 0 Å². The van der Waals surface area contributed by atoms with E-state index in [1.165, 1.54) is 12.1 Å². The van der Waals surface area contributed by atoms with Gasteiger partial charge in [0.05, 0.1) is 13.7 Å². The Hall–Kier alpha value is -2.07. The lowest BCUT2D eigenvalue weighted by molar-refractivity contribution is 0.197. The second kappa shape index (κ2) is 13.5. The van der Waals surface area contributed by atoms with Gasteiger partial charge in [0.2, 0.25) is 0 Å². The second-order valence-corrected chi connectivity index (χ2v) is 7.88. The van der Waals surface area contributed by atoms with Crippen LogP contribution in [0, 0.1) is 5.82 Å². The molecule has 0 aliphatic carbocycles. The maximum Gasteiger partial charge on any atom is 0.191 e. The number of guanidine groups is 1. The van der Waals surface area contributed by atoms with Gasteiger partial charge in [-0.2, -0.15) is 0 Å². The fourth-order valence-electron chi connectivity index (χ4n) is 3.64. The summed E-state index contributed by atoms with van der Waals surface area (Å²) >= 11 is 0. The molecule has 2 N–H and O–H groups in total. The van der Waals surface area contributed by atoms with Gasteiger partial charge in [-0.15, -0.1) is 24.0 Å². The van der Waals surface area contributed by atoms with Crippen molar-refractivity contribution in [2.24, 2.45) is 4.99 Å². The molecule has 0 spiro atoms. The zero-order valence-corrected chi connectivity index (χ0v) is 21.3. The Labute approximate surface area is 207 Å². The fraction of sp³-hybridized carbons (Fsp3) is 0.458. The molecule has 0 bridgehead atoms. The van der Waals surface area contributed by atoms with Crippen molar-refractivity contribution >= 4 is 29.9 Å². The van der Waals surface area contributed by atoms with Crippen LogP contribution in [0.25, 0.3) is 0 Å². The highest BCUT2D eigenvalue weighted by Crippen LogP contribution is 2.18. The number of methoxy groups -OCH3 is 1. The molecule has 32 heavy (non-hydrogen) atoms. The number of ether oxygens (including phenoxy) is 2. The van der Waals surface area contributed by atoms with Crippen molar-refractivity contribution in [1.29, 1.82) is 0 Å². The SMILES string of the molecule is CN=C(NCC(C)Oc1ccc(OC)cc1)NC1CCN(Cc2ccc(F)cc2)CC1.I. The molecule has 1 unspecified atom stereocenters. The Bertz CT molecular complexity index is 825. The van der Waals surface area contributed by atoms with Crippen molar-refractivity contribution < 1.29 is 13.9 Å². The highest BCUT2D eigenvalue weighted by Gasteiger charge is 2.20. The third-order valence-electron chi connectivity index (χ3n) is 5.43. The Morgan fingerprint density at radius 2 is 1.72 bits per heavy atom. The van der Waals surface area contributed by atoms with E-state index in [0.717, 1.165) is 55.5 Å². The minimum absolute atomic E-state index is 0. The first-order valence-electron chi connectivity index (χ1n) is 10.8. The van der Waals surface area contributed by atoms with Crippen molar-refractivity contribution in [2.75, 3.05) is 33.8 Å². The molecule has 1 heterocycles. The van der Waals surface area contributed by atoms with Gasteiger partial charge in [-0.1, -0.05) is 12.1 Å². The molecule has 6 nitrogen and oxygen atoms in total. The Kier molecular flexibility index (Phi) is 11.0. The molecule has 1 fully saturated rings. The van der Waals surface area contributed by atoms with Crippen molar-refractivity contribution in [2.45, 2.75) is 38.5 Å². The number of likely N-dealkylation sites (tertiary alicyclic amines) is 1. The number of hydrogen-bond acceptors (Lipinski definition) is 4. The molecule has 1 aliphatic rings. The summed E-state index contributed by atoms with van der Waals surface area (Å²) < 4.78 is 24.2. The number of halogens is 2.